The molecule has 0 unspecified atom stereocenters. The molecular formula is C7H5BF5K. The molecule has 0 radical (unpaired) electrons. The normalized spacial score (nSPS) is 11.3. The fourth-order valence-electron chi connectivity index (χ4n) is 0.898. The molecule has 0 amide bonds. The van der Waals surface area contributed by atoms with Crippen molar-refractivity contribution in [1.82, 2.24) is 0 Å². The molecule has 72 valence electrons. The molecule has 0 spiro atoms. The summed E-state index contributed by atoms with van der Waals surface area (Å²) in [6, 6.07) is 3.21. The van der Waals surface area contributed by atoms with Gasteiger partial charge < -0.3 is 12.9 Å². The number of halogens is 5. The number of hydrogen-bond donors (Lipinski definition) is 0. The molecule has 0 saturated heterocycles. The summed E-state index contributed by atoms with van der Waals surface area (Å²) in [7, 11) is 0. The Kier molecular flexibility index (Phi) is 5.83. The van der Waals surface area contributed by atoms with Crippen LogP contribution >= 0.6 is 0 Å². The fraction of sp³-hybridized carbons (Fsp3) is 0.143. The smallest absolute Gasteiger partial charge is 0.445 e. The van der Waals surface area contributed by atoms with E-state index in [-0.39, 0.29) is 51.4 Å². The molecule has 0 bridgehead atoms. The SMILES string of the molecule is FC(F)c1cccc([B-](F)(F)F)c1.[K+]. The summed E-state index contributed by atoms with van der Waals surface area (Å²) in [5.74, 6) is 0. The van der Waals surface area contributed by atoms with Gasteiger partial charge in [-0.25, -0.2) is 8.78 Å². The van der Waals surface area contributed by atoms with Crippen molar-refractivity contribution in [2.24, 2.45) is 0 Å². The summed E-state index contributed by atoms with van der Waals surface area (Å²) in [4.78, 5) is 0. The van der Waals surface area contributed by atoms with E-state index in [1.54, 1.807) is 0 Å². The van der Waals surface area contributed by atoms with Crippen LogP contribution in [-0.2, 0) is 0 Å². The van der Waals surface area contributed by atoms with Crippen LogP contribution in [0.2, 0.25) is 0 Å². The molecule has 1 aromatic carbocycles. The Balaban J connectivity index is 0.00000169. The quantitative estimate of drug-likeness (QED) is 0.486. The summed E-state index contributed by atoms with van der Waals surface area (Å²) in [5, 5.41) is 0. The fourth-order valence-corrected chi connectivity index (χ4v) is 0.898. The molecule has 0 aliphatic heterocycles. The number of rotatable bonds is 2. The van der Waals surface area contributed by atoms with Gasteiger partial charge in [-0.2, -0.15) is 0 Å². The van der Waals surface area contributed by atoms with Gasteiger partial charge in [0.15, 0.2) is 0 Å². The largest absolute Gasteiger partial charge is 1.00 e. The van der Waals surface area contributed by atoms with Gasteiger partial charge in [-0.15, -0.1) is 5.46 Å². The third kappa shape index (κ3) is 3.98. The van der Waals surface area contributed by atoms with E-state index in [2.05, 4.69) is 0 Å². The Bertz CT molecular complexity index is 298. The van der Waals surface area contributed by atoms with E-state index in [0.717, 1.165) is 18.2 Å². The van der Waals surface area contributed by atoms with Crippen molar-refractivity contribution < 1.29 is 73.1 Å². The average Bonchev–Trinajstić information content (AvgIpc) is 2.03. The van der Waals surface area contributed by atoms with Crippen LogP contribution in [0.4, 0.5) is 21.7 Å². The van der Waals surface area contributed by atoms with Gasteiger partial charge in [-0.05, 0) is 0 Å². The van der Waals surface area contributed by atoms with Gasteiger partial charge in [-0.3, -0.25) is 0 Å². The van der Waals surface area contributed by atoms with Crippen molar-refractivity contribution in [1.29, 1.82) is 0 Å². The van der Waals surface area contributed by atoms with E-state index in [1.165, 1.54) is 0 Å². The number of alkyl halides is 2. The minimum absolute atomic E-state index is 0. The van der Waals surface area contributed by atoms with Crippen molar-refractivity contribution in [3.8, 4) is 0 Å². The molecule has 0 atom stereocenters. The first-order chi connectivity index (χ1) is 5.91. The van der Waals surface area contributed by atoms with Crippen LogP contribution in [-0.4, -0.2) is 6.98 Å². The van der Waals surface area contributed by atoms with Crippen molar-refractivity contribution in [2.45, 2.75) is 6.43 Å². The van der Waals surface area contributed by atoms with Gasteiger partial charge in [0.2, 0.25) is 0 Å². The molecule has 0 heterocycles. The van der Waals surface area contributed by atoms with Gasteiger partial charge in [-0.1, -0.05) is 24.3 Å². The second kappa shape index (κ2) is 5.60. The zero-order chi connectivity index (χ0) is 10.1. The van der Waals surface area contributed by atoms with Crippen LogP contribution in [0, 0.1) is 0 Å². The van der Waals surface area contributed by atoms with Gasteiger partial charge >= 0.3 is 58.4 Å². The molecule has 0 aromatic heterocycles. The summed E-state index contributed by atoms with van der Waals surface area (Å²) in [5.41, 5.74) is -1.59. The van der Waals surface area contributed by atoms with Crippen molar-refractivity contribution in [3.63, 3.8) is 0 Å². The van der Waals surface area contributed by atoms with Crippen LogP contribution in [0.15, 0.2) is 24.3 Å². The predicted molar refractivity (Wildman–Crippen MR) is 40.1 cm³/mol. The second-order valence-electron chi connectivity index (χ2n) is 2.55. The Hall–Kier alpha value is 0.571. The molecule has 7 heteroatoms. The second-order valence-corrected chi connectivity index (χ2v) is 2.55. The van der Waals surface area contributed by atoms with Crippen LogP contribution in [0.3, 0.4) is 0 Å². The Morgan fingerprint density at radius 3 is 2.07 bits per heavy atom. The third-order valence-electron chi connectivity index (χ3n) is 1.54. The first kappa shape index (κ1) is 14.6. The minimum Gasteiger partial charge on any atom is -0.445 e. The topological polar surface area (TPSA) is 0 Å². The van der Waals surface area contributed by atoms with E-state index >= 15 is 0 Å². The summed E-state index contributed by atoms with van der Waals surface area (Å²) in [6.07, 6.45) is -2.86. The number of benzene rings is 1. The molecule has 1 rings (SSSR count). The van der Waals surface area contributed by atoms with E-state index in [1.807, 2.05) is 0 Å². The average molecular weight is 234 g/mol. The van der Waals surface area contributed by atoms with Gasteiger partial charge in [0.05, 0.1) is 0 Å². The van der Waals surface area contributed by atoms with E-state index in [4.69, 9.17) is 0 Å². The number of hydrogen-bond acceptors (Lipinski definition) is 0. The zero-order valence-electron chi connectivity index (χ0n) is 7.35. The maximum atomic E-state index is 12.0. The molecule has 0 saturated carbocycles. The van der Waals surface area contributed by atoms with Crippen LogP contribution in [0.25, 0.3) is 0 Å². The first-order valence-electron chi connectivity index (χ1n) is 3.49. The first-order valence-corrected chi connectivity index (χ1v) is 3.49. The van der Waals surface area contributed by atoms with Crippen molar-refractivity contribution in [2.75, 3.05) is 0 Å². The summed E-state index contributed by atoms with van der Waals surface area (Å²) < 4.78 is 60.1. The molecule has 14 heavy (non-hydrogen) atoms. The molecule has 0 fully saturated rings. The standard InChI is InChI=1S/C7H5BF5.K/c9-7(10)5-2-1-3-6(4-5)8(11,12)13;/h1-4,7H;/q-1;+1. The minimum atomic E-state index is -5.19. The van der Waals surface area contributed by atoms with Crippen LogP contribution in [0.1, 0.15) is 12.0 Å². The zero-order valence-corrected chi connectivity index (χ0v) is 10.5. The Morgan fingerprint density at radius 2 is 1.64 bits per heavy atom. The van der Waals surface area contributed by atoms with E-state index in [0.29, 0.717) is 6.07 Å². The van der Waals surface area contributed by atoms with Crippen LogP contribution in [0.5, 0.6) is 0 Å². The predicted octanol–water partition coefficient (Wildman–Crippen LogP) is -0.317. The summed E-state index contributed by atoms with van der Waals surface area (Å²) in [6.45, 7) is -5.19. The Labute approximate surface area is 120 Å². The van der Waals surface area contributed by atoms with Crippen molar-refractivity contribution >= 4 is 12.4 Å². The maximum Gasteiger partial charge on any atom is 1.00 e. The van der Waals surface area contributed by atoms with Gasteiger partial charge in [0.1, 0.15) is 0 Å². The maximum absolute atomic E-state index is 12.0. The molecule has 0 aliphatic rings. The van der Waals surface area contributed by atoms with E-state index < -0.39 is 24.4 Å². The van der Waals surface area contributed by atoms with Crippen LogP contribution < -0.4 is 56.8 Å². The molecule has 0 N–H and O–H groups in total. The van der Waals surface area contributed by atoms with E-state index in [9.17, 15) is 21.7 Å². The van der Waals surface area contributed by atoms with Gasteiger partial charge in [0.25, 0.3) is 6.43 Å². The Morgan fingerprint density at radius 1 is 1.07 bits per heavy atom. The molecule has 0 aliphatic carbocycles. The summed E-state index contributed by atoms with van der Waals surface area (Å²) >= 11 is 0. The third-order valence-corrected chi connectivity index (χ3v) is 1.54. The van der Waals surface area contributed by atoms with Gasteiger partial charge in [0, 0.05) is 5.56 Å². The van der Waals surface area contributed by atoms with Crippen molar-refractivity contribution in [3.05, 3.63) is 29.8 Å². The molecular weight excluding hydrogens is 229 g/mol. The molecule has 0 nitrogen and oxygen atoms in total. The monoisotopic (exact) mass is 234 g/mol. The molecule has 1 aromatic rings.